The van der Waals surface area contributed by atoms with Crippen LogP contribution in [0.2, 0.25) is 0 Å². The Morgan fingerprint density at radius 2 is 2.13 bits per heavy atom. The summed E-state index contributed by atoms with van der Waals surface area (Å²) in [5, 5.41) is 12.5. The SMILES string of the molecule is CC(C)(C)SCc1noc(CCCO)n1. The van der Waals surface area contributed by atoms with Gasteiger partial charge in [0.05, 0.1) is 5.75 Å². The van der Waals surface area contributed by atoms with Crippen molar-refractivity contribution in [3.05, 3.63) is 11.7 Å². The van der Waals surface area contributed by atoms with E-state index in [-0.39, 0.29) is 11.4 Å². The fraction of sp³-hybridized carbons (Fsp3) is 0.800. The summed E-state index contributed by atoms with van der Waals surface area (Å²) >= 11 is 1.79. The maximum absolute atomic E-state index is 8.65. The first-order valence-electron chi connectivity index (χ1n) is 5.07. The molecule has 5 heteroatoms. The van der Waals surface area contributed by atoms with Gasteiger partial charge in [-0.1, -0.05) is 25.9 Å². The van der Waals surface area contributed by atoms with Crippen molar-refractivity contribution in [2.75, 3.05) is 6.61 Å². The van der Waals surface area contributed by atoms with Crippen LogP contribution in [0.25, 0.3) is 0 Å². The molecule has 1 rings (SSSR count). The fourth-order valence-corrected chi connectivity index (χ4v) is 1.64. The van der Waals surface area contributed by atoms with Crippen molar-refractivity contribution in [3.8, 4) is 0 Å². The lowest BCUT2D eigenvalue weighted by Crippen LogP contribution is -2.07. The van der Waals surface area contributed by atoms with E-state index in [1.165, 1.54) is 0 Å². The molecule has 0 aliphatic rings. The number of thioether (sulfide) groups is 1. The Kier molecular flexibility index (Phi) is 4.60. The van der Waals surface area contributed by atoms with Gasteiger partial charge in [0.2, 0.25) is 5.89 Å². The van der Waals surface area contributed by atoms with Gasteiger partial charge < -0.3 is 9.63 Å². The number of nitrogens with zero attached hydrogens (tertiary/aromatic N) is 2. The summed E-state index contributed by atoms with van der Waals surface area (Å²) in [6.07, 6.45) is 1.33. The Balaban J connectivity index is 2.39. The summed E-state index contributed by atoms with van der Waals surface area (Å²) in [7, 11) is 0. The van der Waals surface area contributed by atoms with Gasteiger partial charge in [0.25, 0.3) is 0 Å². The number of aliphatic hydroxyl groups is 1. The summed E-state index contributed by atoms with van der Waals surface area (Å²) in [5.74, 6) is 2.13. The quantitative estimate of drug-likeness (QED) is 0.838. The Morgan fingerprint density at radius 3 is 2.73 bits per heavy atom. The van der Waals surface area contributed by atoms with Crippen LogP contribution in [0.15, 0.2) is 4.52 Å². The third kappa shape index (κ3) is 5.18. The molecule has 0 unspecified atom stereocenters. The smallest absolute Gasteiger partial charge is 0.226 e. The van der Waals surface area contributed by atoms with Crippen molar-refractivity contribution in [3.63, 3.8) is 0 Å². The first-order valence-corrected chi connectivity index (χ1v) is 6.06. The van der Waals surface area contributed by atoms with E-state index in [9.17, 15) is 0 Å². The van der Waals surface area contributed by atoms with E-state index in [2.05, 4.69) is 30.9 Å². The molecule has 4 nitrogen and oxygen atoms in total. The Hall–Kier alpha value is -0.550. The lowest BCUT2D eigenvalue weighted by atomic mass is 10.3. The number of rotatable bonds is 5. The highest BCUT2D eigenvalue weighted by molar-refractivity contribution is 7.99. The topological polar surface area (TPSA) is 59.2 Å². The van der Waals surface area contributed by atoms with Crippen molar-refractivity contribution in [1.82, 2.24) is 10.1 Å². The largest absolute Gasteiger partial charge is 0.396 e. The molecular formula is C10H18N2O2S. The van der Waals surface area contributed by atoms with E-state index in [1.807, 2.05) is 0 Å². The molecule has 0 fully saturated rings. The number of aryl methyl sites for hydroxylation is 1. The van der Waals surface area contributed by atoms with Gasteiger partial charge in [0.1, 0.15) is 0 Å². The molecule has 0 saturated carbocycles. The van der Waals surface area contributed by atoms with Crippen molar-refractivity contribution in [2.24, 2.45) is 0 Å². The first kappa shape index (κ1) is 12.5. The zero-order valence-electron chi connectivity index (χ0n) is 9.49. The van der Waals surface area contributed by atoms with Crippen LogP contribution in [-0.4, -0.2) is 26.6 Å². The van der Waals surface area contributed by atoms with Crippen molar-refractivity contribution in [2.45, 2.75) is 44.1 Å². The number of aliphatic hydroxyl groups excluding tert-OH is 1. The summed E-state index contributed by atoms with van der Waals surface area (Å²) in [4.78, 5) is 4.24. The van der Waals surface area contributed by atoms with Crippen LogP contribution in [0.1, 0.15) is 38.9 Å². The lowest BCUT2D eigenvalue weighted by Gasteiger charge is -2.15. The predicted molar refractivity (Wildman–Crippen MR) is 60.8 cm³/mol. The van der Waals surface area contributed by atoms with Gasteiger partial charge in [0.15, 0.2) is 5.82 Å². The van der Waals surface area contributed by atoms with Crippen LogP contribution in [0.5, 0.6) is 0 Å². The standard InChI is InChI=1S/C10H18N2O2S/c1-10(2,3)15-7-8-11-9(14-12-8)5-4-6-13/h13H,4-7H2,1-3H3. The summed E-state index contributed by atoms with van der Waals surface area (Å²) in [5.41, 5.74) is 0. The molecule has 15 heavy (non-hydrogen) atoms. The molecule has 0 saturated heterocycles. The zero-order chi connectivity index (χ0) is 11.3. The lowest BCUT2D eigenvalue weighted by molar-refractivity contribution is 0.278. The zero-order valence-corrected chi connectivity index (χ0v) is 10.3. The second-order valence-electron chi connectivity index (χ2n) is 4.33. The fourth-order valence-electron chi connectivity index (χ4n) is 0.962. The van der Waals surface area contributed by atoms with Gasteiger partial charge in [-0.15, -0.1) is 11.8 Å². The van der Waals surface area contributed by atoms with E-state index < -0.39 is 0 Å². The minimum atomic E-state index is 0.161. The minimum absolute atomic E-state index is 0.161. The van der Waals surface area contributed by atoms with Crippen LogP contribution >= 0.6 is 11.8 Å². The monoisotopic (exact) mass is 230 g/mol. The molecule has 0 amide bonds. The molecule has 0 spiro atoms. The highest BCUT2D eigenvalue weighted by Gasteiger charge is 2.13. The summed E-state index contributed by atoms with van der Waals surface area (Å²) < 4.78 is 5.26. The molecule has 0 aliphatic carbocycles. The van der Waals surface area contributed by atoms with Gasteiger partial charge >= 0.3 is 0 Å². The molecule has 1 heterocycles. The third-order valence-electron chi connectivity index (χ3n) is 1.69. The molecule has 1 aromatic heterocycles. The van der Waals surface area contributed by atoms with E-state index in [0.717, 1.165) is 11.6 Å². The predicted octanol–water partition coefficient (Wildman–Crippen LogP) is 2.03. The maximum atomic E-state index is 8.65. The van der Waals surface area contributed by atoms with Gasteiger partial charge in [-0.3, -0.25) is 0 Å². The third-order valence-corrected chi connectivity index (χ3v) is 2.96. The second-order valence-corrected chi connectivity index (χ2v) is 6.13. The Labute approximate surface area is 94.5 Å². The van der Waals surface area contributed by atoms with Gasteiger partial charge in [-0.2, -0.15) is 4.98 Å². The van der Waals surface area contributed by atoms with Crippen LogP contribution < -0.4 is 0 Å². The van der Waals surface area contributed by atoms with Gasteiger partial charge in [-0.05, 0) is 6.42 Å². The Bertz CT molecular complexity index is 294. The van der Waals surface area contributed by atoms with Crippen molar-refractivity contribution < 1.29 is 9.63 Å². The van der Waals surface area contributed by atoms with Crippen LogP contribution in [0.3, 0.4) is 0 Å². The van der Waals surface area contributed by atoms with Crippen LogP contribution in [0.4, 0.5) is 0 Å². The van der Waals surface area contributed by atoms with Gasteiger partial charge in [-0.25, -0.2) is 0 Å². The summed E-state index contributed by atoms with van der Waals surface area (Å²) in [6.45, 7) is 6.63. The minimum Gasteiger partial charge on any atom is -0.396 e. The molecular weight excluding hydrogens is 212 g/mol. The molecule has 0 radical (unpaired) electrons. The second kappa shape index (κ2) is 5.51. The van der Waals surface area contributed by atoms with E-state index in [0.29, 0.717) is 18.7 Å². The van der Waals surface area contributed by atoms with Gasteiger partial charge in [0, 0.05) is 17.8 Å². The molecule has 86 valence electrons. The maximum Gasteiger partial charge on any atom is 0.226 e. The molecule has 0 atom stereocenters. The van der Waals surface area contributed by atoms with Crippen molar-refractivity contribution >= 4 is 11.8 Å². The first-order chi connectivity index (χ1) is 7.01. The van der Waals surface area contributed by atoms with E-state index in [4.69, 9.17) is 9.63 Å². The average Bonchev–Trinajstić information content (AvgIpc) is 2.58. The molecule has 1 aromatic rings. The molecule has 0 bridgehead atoms. The number of hydrogen-bond donors (Lipinski definition) is 1. The highest BCUT2D eigenvalue weighted by Crippen LogP contribution is 2.26. The number of hydrogen-bond acceptors (Lipinski definition) is 5. The number of aromatic nitrogens is 2. The Morgan fingerprint density at radius 1 is 1.40 bits per heavy atom. The molecule has 0 aliphatic heterocycles. The van der Waals surface area contributed by atoms with Crippen molar-refractivity contribution in [1.29, 1.82) is 0 Å². The molecule has 1 N–H and O–H groups in total. The summed E-state index contributed by atoms with van der Waals surface area (Å²) in [6, 6.07) is 0. The van der Waals surface area contributed by atoms with E-state index in [1.54, 1.807) is 11.8 Å². The highest BCUT2D eigenvalue weighted by atomic mass is 32.2. The van der Waals surface area contributed by atoms with Crippen LogP contribution in [0, 0.1) is 0 Å². The van der Waals surface area contributed by atoms with Crippen LogP contribution in [-0.2, 0) is 12.2 Å². The van der Waals surface area contributed by atoms with E-state index >= 15 is 0 Å². The molecule has 0 aromatic carbocycles. The average molecular weight is 230 g/mol. The normalized spacial score (nSPS) is 12.0.